The van der Waals surface area contributed by atoms with Gasteiger partial charge in [-0.2, -0.15) is 5.10 Å². The van der Waals surface area contributed by atoms with Crippen molar-refractivity contribution in [2.75, 3.05) is 19.6 Å². The van der Waals surface area contributed by atoms with E-state index in [4.69, 9.17) is 0 Å². The maximum Gasteiger partial charge on any atom is 0.228 e. The number of likely N-dealkylation sites (tertiary alicyclic amines) is 1. The topological polar surface area (TPSA) is 50.2 Å². The fourth-order valence-electron chi connectivity index (χ4n) is 4.30. The summed E-state index contributed by atoms with van der Waals surface area (Å²) >= 11 is 0. The molecule has 0 bridgehead atoms. The Bertz CT molecular complexity index is 751. The van der Waals surface area contributed by atoms with Gasteiger partial charge >= 0.3 is 0 Å². The van der Waals surface area contributed by atoms with Gasteiger partial charge in [-0.05, 0) is 30.9 Å². The van der Waals surface area contributed by atoms with Gasteiger partial charge in [-0.1, -0.05) is 29.8 Å². The lowest BCUT2D eigenvalue weighted by Gasteiger charge is -2.29. The molecule has 0 aliphatic carbocycles. The molecule has 25 heavy (non-hydrogen) atoms. The average Bonchev–Trinajstić information content (AvgIpc) is 3.34. The van der Waals surface area contributed by atoms with E-state index in [2.05, 4.69) is 46.5 Å². The van der Waals surface area contributed by atoms with Crippen LogP contribution in [0.2, 0.25) is 0 Å². The molecule has 2 aromatic rings. The smallest absolute Gasteiger partial charge is 0.228 e. The van der Waals surface area contributed by atoms with Gasteiger partial charge in [0.15, 0.2) is 0 Å². The molecule has 1 unspecified atom stereocenters. The minimum atomic E-state index is 0.00949. The third-order valence-electron chi connectivity index (χ3n) is 5.68. The zero-order chi connectivity index (χ0) is 17.4. The number of benzene rings is 1. The number of carbonyl (C=O) groups excluding carboxylic acids is 1. The number of rotatable bonds is 3. The summed E-state index contributed by atoms with van der Waals surface area (Å²) in [5, 5.41) is 7.70. The fourth-order valence-corrected chi connectivity index (χ4v) is 4.30. The van der Waals surface area contributed by atoms with Gasteiger partial charge in [0.1, 0.15) is 0 Å². The van der Waals surface area contributed by atoms with Gasteiger partial charge in [0, 0.05) is 38.8 Å². The van der Waals surface area contributed by atoms with E-state index in [-0.39, 0.29) is 17.9 Å². The molecule has 4 rings (SSSR count). The molecule has 0 radical (unpaired) electrons. The largest absolute Gasteiger partial charge is 0.335 e. The molecule has 2 fully saturated rings. The number of nitrogens with zero attached hydrogens (tertiary/aromatic N) is 3. The predicted octanol–water partition coefficient (Wildman–Crippen LogP) is 2.40. The highest BCUT2D eigenvalue weighted by atomic mass is 16.2. The molecule has 1 aromatic carbocycles. The monoisotopic (exact) mass is 338 g/mol. The molecule has 132 valence electrons. The van der Waals surface area contributed by atoms with Gasteiger partial charge < -0.3 is 10.2 Å². The van der Waals surface area contributed by atoms with E-state index in [1.807, 2.05) is 24.1 Å². The van der Waals surface area contributed by atoms with Crippen molar-refractivity contribution >= 4 is 5.91 Å². The van der Waals surface area contributed by atoms with Crippen molar-refractivity contribution in [2.45, 2.75) is 31.7 Å². The van der Waals surface area contributed by atoms with Crippen molar-refractivity contribution in [1.82, 2.24) is 20.0 Å². The van der Waals surface area contributed by atoms with Crippen LogP contribution in [0.15, 0.2) is 36.7 Å². The van der Waals surface area contributed by atoms with Crippen molar-refractivity contribution in [1.29, 1.82) is 0 Å². The third-order valence-corrected chi connectivity index (χ3v) is 5.68. The molecule has 2 aliphatic rings. The molecule has 2 saturated heterocycles. The molecule has 0 saturated carbocycles. The normalized spacial score (nSPS) is 26.3. The van der Waals surface area contributed by atoms with Crippen molar-refractivity contribution in [3.05, 3.63) is 53.3 Å². The Morgan fingerprint density at radius 3 is 2.72 bits per heavy atom. The van der Waals surface area contributed by atoms with E-state index < -0.39 is 0 Å². The summed E-state index contributed by atoms with van der Waals surface area (Å²) in [5.74, 6) is 0.526. The lowest BCUT2D eigenvalue weighted by Crippen LogP contribution is -2.38. The number of nitrogens with one attached hydrogen (secondary N) is 1. The highest BCUT2D eigenvalue weighted by Crippen LogP contribution is 2.37. The number of hydrogen-bond acceptors (Lipinski definition) is 3. The minimum absolute atomic E-state index is 0.00949. The third kappa shape index (κ3) is 3.09. The number of carbonyl (C=O) groups is 1. The highest BCUT2D eigenvalue weighted by Gasteiger charge is 2.40. The Kier molecular flexibility index (Phi) is 4.34. The molecule has 2 aliphatic heterocycles. The number of hydrogen-bond donors (Lipinski definition) is 1. The van der Waals surface area contributed by atoms with Crippen LogP contribution in [0.5, 0.6) is 0 Å². The SMILES string of the molecule is Cc1ccc(C2CCCN2C(=O)[C@H]2CNC[C@@H]2c2cnn(C)c2)cc1. The van der Waals surface area contributed by atoms with Crippen LogP contribution in [-0.2, 0) is 11.8 Å². The quantitative estimate of drug-likeness (QED) is 0.935. The van der Waals surface area contributed by atoms with E-state index in [0.717, 1.165) is 38.0 Å². The molecule has 5 nitrogen and oxygen atoms in total. The molecule has 1 aromatic heterocycles. The highest BCUT2D eigenvalue weighted by molar-refractivity contribution is 5.81. The minimum Gasteiger partial charge on any atom is -0.335 e. The lowest BCUT2D eigenvalue weighted by atomic mass is 9.89. The summed E-state index contributed by atoms with van der Waals surface area (Å²) in [4.78, 5) is 15.5. The average molecular weight is 338 g/mol. The van der Waals surface area contributed by atoms with Crippen LogP contribution in [-0.4, -0.2) is 40.2 Å². The Morgan fingerprint density at radius 2 is 2.00 bits per heavy atom. The maximum atomic E-state index is 13.3. The van der Waals surface area contributed by atoms with Crippen LogP contribution in [0.1, 0.15) is 41.5 Å². The molecule has 0 spiro atoms. The number of amides is 1. The van der Waals surface area contributed by atoms with Crippen LogP contribution < -0.4 is 5.32 Å². The van der Waals surface area contributed by atoms with Crippen LogP contribution in [0, 0.1) is 12.8 Å². The molecule has 3 atom stereocenters. The summed E-state index contributed by atoms with van der Waals surface area (Å²) in [6.45, 7) is 4.58. The first kappa shape index (κ1) is 16.3. The Hall–Kier alpha value is -2.14. The standard InChI is InChI=1S/C20H26N4O/c1-14-5-7-15(8-6-14)19-4-3-9-24(19)20(25)18-12-21-11-17(18)16-10-22-23(2)13-16/h5-8,10,13,17-19,21H,3-4,9,11-12H2,1-2H3/t17-,18+,19?/m1/s1. The van der Waals surface area contributed by atoms with E-state index in [1.54, 1.807) is 0 Å². The van der Waals surface area contributed by atoms with Gasteiger partial charge in [-0.15, -0.1) is 0 Å². The van der Waals surface area contributed by atoms with E-state index in [9.17, 15) is 4.79 Å². The zero-order valence-electron chi connectivity index (χ0n) is 15.0. The Labute approximate surface area is 149 Å². The van der Waals surface area contributed by atoms with Crippen molar-refractivity contribution < 1.29 is 4.79 Å². The number of aryl methyl sites for hydroxylation is 2. The Balaban J connectivity index is 1.55. The van der Waals surface area contributed by atoms with Gasteiger partial charge in [-0.3, -0.25) is 9.48 Å². The molecule has 1 amide bonds. The summed E-state index contributed by atoms with van der Waals surface area (Å²) < 4.78 is 1.82. The first-order chi connectivity index (χ1) is 12.1. The van der Waals surface area contributed by atoms with Crippen molar-refractivity contribution in [2.24, 2.45) is 13.0 Å². The fraction of sp³-hybridized carbons (Fsp3) is 0.500. The molecular weight excluding hydrogens is 312 g/mol. The van der Waals surface area contributed by atoms with Gasteiger partial charge in [0.05, 0.1) is 18.2 Å². The van der Waals surface area contributed by atoms with E-state index in [1.165, 1.54) is 11.1 Å². The van der Waals surface area contributed by atoms with Crippen molar-refractivity contribution in [3.8, 4) is 0 Å². The molecular formula is C20H26N4O. The van der Waals surface area contributed by atoms with Crippen LogP contribution >= 0.6 is 0 Å². The van der Waals surface area contributed by atoms with Gasteiger partial charge in [0.2, 0.25) is 5.91 Å². The van der Waals surface area contributed by atoms with E-state index >= 15 is 0 Å². The zero-order valence-corrected chi connectivity index (χ0v) is 15.0. The maximum absolute atomic E-state index is 13.3. The molecule has 5 heteroatoms. The second-order valence-corrected chi connectivity index (χ2v) is 7.42. The van der Waals surface area contributed by atoms with Crippen LogP contribution in [0.25, 0.3) is 0 Å². The summed E-state index contributed by atoms with van der Waals surface area (Å²) in [6.07, 6.45) is 6.09. The number of aromatic nitrogens is 2. The second-order valence-electron chi connectivity index (χ2n) is 7.42. The van der Waals surface area contributed by atoms with E-state index in [0.29, 0.717) is 5.91 Å². The Morgan fingerprint density at radius 1 is 1.20 bits per heavy atom. The van der Waals surface area contributed by atoms with Gasteiger partial charge in [-0.25, -0.2) is 0 Å². The van der Waals surface area contributed by atoms with Crippen LogP contribution in [0.4, 0.5) is 0 Å². The first-order valence-electron chi connectivity index (χ1n) is 9.20. The summed E-state index contributed by atoms with van der Waals surface area (Å²) in [6, 6.07) is 8.87. The van der Waals surface area contributed by atoms with Crippen LogP contribution in [0.3, 0.4) is 0 Å². The second kappa shape index (κ2) is 6.64. The summed E-state index contributed by atoms with van der Waals surface area (Å²) in [7, 11) is 1.93. The first-order valence-corrected chi connectivity index (χ1v) is 9.20. The van der Waals surface area contributed by atoms with Gasteiger partial charge in [0.25, 0.3) is 0 Å². The summed E-state index contributed by atoms with van der Waals surface area (Å²) in [5.41, 5.74) is 3.69. The lowest BCUT2D eigenvalue weighted by molar-refractivity contribution is -0.136. The van der Waals surface area contributed by atoms with Crippen molar-refractivity contribution in [3.63, 3.8) is 0 Å². The molecule has 3 heterocycles. The predicted molar refractivity (Wildman–Crippen MR) is 97.2 cm³/mol. The molecule has 1 N–H and O–H groups in total.